The summed E-state index contributed by atoms with van der Waals surface area (Å²) >= 11 is 0. The number of aryl methyl sites for hydroxylation is 1. The Morgan fingerprint density at radius 3 is 2.71 bits per heavy atom. The van der Waals surface area contributed by atoms with Crippen molar-refractivity contribution in [3.63, 3.8) is 0 Å². The lowest BCUT2D eigenvalue weighted by atomic mass is 10.1. The van der Waals surface area contributed by atoms with Crippen molar-refractivity contribution in [2.45, 2.75) is 19.8 Å². The van der Waals surface area contributed by atoms with Crippen molar-refractivity contribution < 1.29 is 4.73 Å². The molecule has 0 unspecified atom stereocenters. The molecule has 0 N–H and O–H groups in total. The van der Waals surface area contributed by atoms with E-state index in [1.807, 2.05) is 36.4 Å². The highest BCUT2D eigenvalue weighted by Crippen LogP contribution is 2.10. The van der Waals surface area contributed by atoms with Gasteiger partial charge in [0, 0.05) is 23.9 Å². The monoisotopic (exact) mass is 187 g/mol. The number of nitrogens with zero attached hydrogens (tertiary/aromatic N) is 1. The zero-order chi connectivity index (χ0) is 9.97. The van der Waals surface area contributed by atoms with Gasteiger partial charge in [0.1, 0.15) is 0 Å². The van der Waals surface area contributed by atoms with Gasteiger partial charge in [-0.1, -0.05) is 19.1 Å². The van der Waals surface area contributed by atoms with Gasteiger partial charge in [0.25, 0.3) is 0 Å². The van der Waals surface area contributed by atoms with Crippen LogP contribution >= 0.6 is 0 Å². The van der Waals surface area contributed by atoms with Gasteiger partial charge in [0.2, 0.25) is 5.52 Å². The summed E-state index contributed by atoms with van der Waals surface area (Å²) in [6.45, 7) is 2.08. The minimum atomic E-state index is 0.762. The first kappa shape index (κ1) is 9.00. The maximum Gasteiger partial charge on any atom is 0.223 e. The molecule has 2 heteroatoms. The Kier molecular flexibility index (Phi) is 2.35. The Hall–Kier alpha value is -1.57. The zero-order valence-corrected chi connectivity index (χ0v) is 8.23. The lowest BCUT2D eigenvalue weighted by Gasteiger charge is -2.06. The van der Waals surface area contributed by atoms with Gasteiger partial charge in [-0.25, -0.2) is 0 Å². The van der Waals surface area contributed by atoms with E-state index in [1.165, 1.54) is 0 Å². The largest absolute Gasteiger partial charge is 0.618 e. The molecule has 14 heavy (non-hydrogen) atoms. The van der Waals surface area contributed by atoms with Crippen molar-refractivity contribution in [1.29, 1.82) is 0 Å². The van der Waals surface area contributed by atoms with Crippen LogP contribution in [-0.4, -0.2) is 0 Å². The summed E-state index contributed by atoms with van der Waals surface area (Å²) in [6, 6.07) is 11.6. The van der Waals surface area contributed by atoms with Crippen molar-refractivity contribution in [1.82, 2.24) is 0 Å². The fourth-order valence-corrected chi connectivity index (χ4v) is 1.66. The molecule has 0 saturated heterocycles. The van der Waals surface area contributed by atoms with Crippen LogP contribution in [0.4, 0.5) is 0 Å². The molecule has 72 valence electrons. The molecule has 0 radical (unpaired) electrons. The van der Waals surface area contributed by atoms with E-state index in [0.29, 0.717) is 0 Å². The molecule has 1 heterocycles. The molecule has 0 aliphatic heterocycles. The van der Waals surface area contributed by atoms with Crippen molar-refractivity contribution in [3.8, 4) is 0 Å². The average molecular weight is 187 g/mol. The minimum absolute atomic E-state index is 0.762. The van der Waals surface area contributed by atoms with Crippen molar-refractivity contribution >= 4 is 10.9 Å². The number of para-hydroxylation sites is 1. The summed E-state index contributed by atoms with van der Waals surface area (Å²) in [5, 5.41) is 12.8. The first-order valence-electron chi connectivity index (χ1n) is 4.93. The number of benzene rings is 1. The van der Waals surface area contributed by atoms with Crippen LogP contribution in [0.1, 0.15) is 19.0 Å². The van der Waals surface area contributed by atoms with Gasteiger partial charge in [-0.3, -0.25) is 0 Å². The molecule has 0 amide bonds. The van der Waals surface area contributed by atoms with Crippen LogP contribution in [0, 0.1) is 5.21 Å². The van der Waals surface area contributed by atoms with Crippen molar-refractivity contribution in [2.75, 3.05) is 0 Å². The summed E-state index contributed by atoms with van der Waals surface area (Å²) < 4.78 is 1.04. The molecule has 0 aliphatic carbocycles. The van der Waals surface area contributed by atoms with Gasteiger partial charge in [-0.05, 0) is 18.6 Å². The van der Waals surface area contributed by atoms with Crippen LogP contribution in [0.3, 0.4) is 0 Å². The first-order chi connectivity index (χ1) is 6.83. The third-order valence-electron chi connectivity index (χ3n) is 2.38. The summed E-state index contributed by atoms with van der Waals surface area (Å²) in [6.07, 6.45) is 1.84. The standard InChI is InChI=1S/C12H13NO/c1-2-5-11-9-8-10-6-3-4-7-12(10)13(11)14/h3-4,6-9H,2,5H2,1H3. The van der Waals surface area contributed by atoms with E-state index >= 15 is 0 Å². The second kappa shape index (κ2) is 3.66. The van der Waals surface area contributed by atoms with E-state index in [1.54, 1.807) is 0 Å². The van der Waals surface area contributed by atoms with Gasteiger partial charge in [0.05, 0.1) is 0 Å². The van der Waals surface area contributed by atoms with E-state index < -0.39 is 0 Å². The van der Waals surface area contributed by atoms with Gasteiger partial charge < -0.3 is 5.21 Å². The van der Waals surface area contributed by atoms with Crippen LogP contribution in [-0.2, 0) is 6.42 Å². The molecular formula is C12H13NO. The topological polar surface area (TPSA) is 26.9 Å². The predicted octanol–water partition coefficient (Wildman–Crippen LogP) is 2.43. The van der Waals surface area contributed by atoms with E-state index in [-0.39, 0.29) is 0 Å². The normalized spacial score (nSPS) is 10.6. The molecule has 0 aliphatic rings. The highest BCUT2D eigenvalue weighted by Gasteiger charge is 2.07. The summed E-state index contributed by atoms with van der Waals surface area (Å²) in [5.41, 5.74) is 1.62. The fraction of sp³-hybridized carbons (Fsp3) is 0.250. The minimum Gasteiger partial charge on any atom is -0.618 e. The van der Waals surface area contributed by atoms with E-state index in [4.69, 9.17) is 0 Å². The van der Waals surface area contributed by atoms with E-state index in [2.05, 4.69) is 6.92 Å². The smallest absolute Gasteiger partial charge is 0.223 e. The maximum atomic E-state index is 11.8. The number of fused-ring (bicyclic) bond motifs is 1. The molecule has 2 rings (SSSR count). The Morgan fingerprint density at radius 1 is 1.14 bits per heavy atom. The molecule has 0 fully saturated rings. The van der Waals surface area contributed by atoms with Crippen LogP contribution in [0.15, 0.2) is 36.4 Å². The van der Waals surface area contributed by atoms with Crippen LogP contribution < -0.4 is 4.73 Å². The van der Waals surface area contributed by atoms with E-state index in [9.17, 15) is 5.21 Å². The second-order valence-electron chi connectivity index (χ2n) is 3.43. The van der Waals surface area contributed by atoms with Crippen LogP contribution in [0.25, 0.3) is 10.9 Å². The van der Waals surface area contributed by atoms with Gasteiger partial charge in [0.15, 0.2) is 5.69 Å². The van der Waals surface area contributed by atoms with Gasteiger partial charge in [-0.15, -0.1) is 0 Å². The number of rotatable bonds is 2. The Labute approximate surface area is 83.4 Å². The zero-order valence-electron chi connectivity index (χ0n) is 8.23. The Morgan fingerprint density at radius 2 is 1.93 bits per heavy atom. The van der Waals surface area contributed by atoms with Gasteiger partial charge >= 0.3 is 0 Å². The number of hydrogen-bond acceptors (Lipinski definition) is 1. The molecule has 2 aromatic rings. The number of pyridine rings is 1. The third kappa shape index (κ3) is 1.43. The Bertz CT molecular complexity index is 451. The molecule has 0 bridgehead atoms. The Balaban J connectivity index is 2.63. The van der Waals surface area contributed by atoms with Crippen molar-refractivity contribution in [2.24, 2.45) is 0 Å². The molecule has 2 nitrogen and oxygen atoms in total. The highest BCUT2D eigenvalue weighted by molar-refractivity contribution is 5.75. The highest BCUT2D eigenvalue weighted by atomic mass is 16.5. The molecule has 1 aromatic carbocycles. The molecule has 0 atom stereocenters. The lowest BCUT2D eigenvalue weighted by molar-refractivity contribution is -0.586. The average Bonchev–Trinajstić information content (AvgIpc) is 2.23. The number of hydrogen-bond donors (Lipinski definition) is 0. The molecule has 0 saturated carbocycles. The lowest BCUT2D eigenvalue weighted by Crippen LogP contribution is -2.32. The van der Waals surface area contributed by atoms with E-state index in [0.717, 1.165) is 34.2 Å². The maximum absolute atomic E-state index is 11.8. The van der Waals surface area contributed by atoms with Crippen LogP contribution in [0.2, 0.25) is 0 Å². The second-order valence-corrected chi connectivity index (χ2v) is 3.43. The number of aromatic nitrogens is 1. The summed E-state index contributed by atoms with van der Waals surface area (Å²) in [7, 11) is 0. The van der Waals surface area contributed by atoms with Gasteiger partial charge in [-0.2, -0.15) is 4.73 Å². The SMILES string of the molecule is CCCc1ccc2ccccc2[n+]1[O-]. The van der Waals surface area contributed by atoms with Crippen molar-refractivity contribution in [3.05, 3.63) is 47.3 Å². The fourth-order valence-electron chi connectivity index (χ4n) is 1.66. The van der Waals surface area contributed by atoms with Crippen LogP contribution in [0.5, 0.6) is 0 Å². The summed E-state index contributed by atoms with van der Waals surface area (Å²) in [5.74, 6) is 0. The predicted molar refractivity (Wildman–Crippen MR) is 56.9 cm³/mol. The first-order valence-corrected chi connectivity index (χ1v) is 4.93. The molecular weight excluding hydrogens is 174 g/mol. The molecule has 1 aromatic heterocycles. The molecule has 0 spiro atoms. The quantitative estimate of drug-likeness (QED) is 0.524. The summed E-state index contributed by atoms with van der Waals surface area (Å²) in [4.78, 5) is 0. The third-order valence-corrected chi connectivity index (χ3v) is 2.38.